The number of carbonyl (C=O) groups is 2. The van der Waals surface area contributed by atoms with E-state index in [1.807, 2.05) is 50.2 Å². The largest absolute Gasteiger partial charge is 0.354 e. The molecular weight excluding hydrogens is 439 g/mol. The molecule has 2 rings (SSSR count). The Morgan fingerprint density at radius 3 is 2.10 bits per heavy atom. The first-order valence-corrected chi connectivity index (χ1v) is 11.7. The van der Waals surface area contributed by atoms with E-state index in [9.17, 15) is 9.59 Å². The van der Waals surface area contributed by atoms with Gasteiger partial charge in [-0.2, -0.15) is 0 Å². The average molecular weight is 467 g/mol. The van der Waals surface area contributed by atoms with Crippen LogP contribution in [0, 0.1) is 5.92 Å². The highest BCUT2D eigenvalue weighted by molar-refractivity contribution is 7.99. The van der Waals surface area contributed by atoms with Crippen LogP contribution in [-0.2, 0) is 16.1 Å². The molecule has 1 N–H and O–H groups in total. The smallest absolute Gasteiger partial charge is 0.242 e. The molecule has 2 aromatic rings. The predicted octanol–water partition coefficient (Wildman–Crippen LogP) is 5.67. The Morgan fingerprint density at radius 1 is 0.967 bits per heavy atom. The molecule has 4 nitrogen and oxygen atoms in total. The summed E-state index contributed by atoms with van der Waals surface area (Å²) in [6.07, 6.45) is 0.336. The maximum absolute atomic E-state index is 13.0. The van der Waals surface area contributed by atoms with Crippen LogP contribution in [0.1, 0.15) is 32.8 Å². The topological polar surface area (TPSA) is 49.4 Å². The molecule has 2 aromatic carbocycles. The van der Waals surface area contributed by atoms with Gasteiger partial charge < -0.3 is 10.2 Å². The fourth-order valence-electron chi connectivity index (χ4n) is 2.75. The summed E-state index contributed by atoms with van der Waals surface area (Å²) in [6.45, 7) is 6.79. The van der Waals surface area contributed by atoms with E-state index in [0.717, 1.165) is 10.5 Å². The lowest BCUT2D eigenvalue weighted by molar-refractivity contribution is -0.140. The Labute approximate surface area is 193 Å². The first-order chi connectivity index (χ1) is 14.3. The molecule has 0 aromatic heterocycles. The van der Waals surface area contributed by atoms with Crippen molar-refractivity contribution in [2.75, 3.05) is 12.3 Å². The quantitative estimate of drug-likeness (QED) is 0.459. The molecule has 0 aliphatic carbocycles. The van der Waals surface area contributed by atoms with Crippen LogP contribution in [0.25, 0.3) is 0 Å². The van der Waals surface area contributed by atoms with Crippen LogP contribution in [0.3, 0.4) is 0 Å². The van der Waals surface area contributed by atoms with Crippen molar-refractivity contribution in [2.45, 2.75) is 44.7 Å². The molecule has 0 heterocycles. The zero-order valence-corrected chi connectivity index (χ0v) is 19.9. The van der Waals surface area contributed by atoms with Gasteiger partial charge >= 0.3 is 0 Å². The third-order valence-corrected chi connectivity index (χ3v) is 6.03. The number of amides is 2. The summed E-state index contributed by atoms with van der Waals surface area (Å²) in [5.74, 6) is 0.769. The maximum atomic E-state index is 13.0. The number of thioether (sulfide) groups is 1. The summed E-state index contributed by atoms with van der Waals surface area (Å²) in [5, 5.41) is 4.25. The summed E-state index contributed by atoms with van der Waals surface area (Å²) < 4.78 is 0. The summed E-state index contributed by atoms with van der Waals surface area (Å²) in [4.78, 5) is 28.3. The van der Waals surface area contributed by atoms with Crippen LogP contribution >= 0.6 is 35.0 Å². The number of halogens is 2. The van der Waals surface area contributed by atoms with Crippen LogP contribution in [0.5, 0.6) is 0 Å². The van der Waals surface area contributed by atoms with Crippen molar-refractivity contribution < 1.29 is 9.59 Å². The zero-order valence-electron chi connectivity index (χ0n) is 17.5. The molecule has 1 atom stereocenters. The summed E-state index contributed by atoms with van der Waals surface area (Å²) in [6, 6.07) is 14.3. The number of nitrogens with one attached hydrogen (secondary N) is 1. The van der Waals surface area contributed by atoms with Crippen LogP contribution in [-0.4, -0.2) is 35.1 Å². The van der Waals surface area contributed by atoms with E-state index in [-0.39, 0.29) is 11.8 Å². The molecule has 0 saturated heterocycles. The Balaban J connectivity index is 2.04. The first-order valence-electron chi connectivity index (χ1n) is 9.96. The van der Waals surface area contributed by atoms with Crippen molar-refractivity contribution in [3.63, 3.8) is 0 Å². The number of nitrogens with zero attached hydrogens (tertiary/aromatic N) is 1. The molecule has 0 saturated carbocycles. The number of benzene rings is 2. The minimum atomic E-state index is -0.563. The maximum Gasteiger partial charge on any atom is 0.242 e. The van der Waals surface area contributed by atoms with Gasteiger partial charge in [0.2, 0.25) is 11.8 Å². The standard InChI is InChI=1S/C23H28Cl2N2O2S/c1-16(2)14-26-23(29)17(3)27(15-18-4-6-19(24)7-5-18)22(28)12-13-30-21-10-8-20(25)9-11-21/h4-11,16-17H,12-15H2,1-3H3,(H,26,29). The van der Waals surface area contributed by atoms with Gasteiger partial charge in [-0.15, -0.1) is 11.8 Å². The molecule has 0 aliphatic heterocycles. The SMILES string of the molecule is CC(C)CNC(=O)C(C)N(Cc1ccc(Cl)cc1)C(=O)CCSc1ccc(Cl)cc1. The fraction of sp³-hybridized carbons (Fsp3) is 0.391. The second-order valence-electron chi connectivity index (χ2n) is 7.52. The van der Waals surface area contributed by atoms with Crippen molar-refractivity contribution >= 4 is 46.8 Å². The van der Waals surface area contributed by atoms with Crippen molar-refractivity contribution in [3.8, 4) is 0 Å². The van der Waals surface area contributed by atoms with Crippen LogP contribution in [0.2, 0.25) is 10.0 Å². The van der Waals surface area contributed by atoms with Crippen molar-refractivity contribution in [2.24, 2.45) is 5.92 Å². The van der Waals surface area contributed by atoms with Crippen LogP contribution < -0.4 is 5.32 Å². The van der Waals surface area contributed by atoms with Crippen LogP contribution in [0.15, 0.2) is 53.4 Å². The van der Waals surface area contributed by atoms with E-state index in [0.29, 0.717) is 41.2 Å². The van der Waals surface area contributed by atoms with E-state index in [1.165, 1.54) is 0 Å². The molecule has 0 bridgehead atoms. The van der Waals surface area contributed by atoms with Gasteiger partial charge in [-0.25, -0.2) is 0 Å². The van der Waals surface area contributed by atoms with Gasteiger partial charge in [-0.3, -0.25) is 9.59 Å². The monoisotopic (exact) mass is 466 g/mol. The van der Waals surface area contributed by atoms with Gasteiger partial charge in [0.25, 0.3) is 0 Å². The number of carbonyl (C=O) groups excluding carboxylic acids is 2. The second-order valence-corrected chi connectivity index (χ2v) is 9.56. The summed E-state index contributed by atoms with van der Waals surface area (Å²) in [7, 11) is 0. The molecular formula is C23H28Cl2N2O2S. The van der Waals surface area contributed by atoms with Gasteiger partial charge in [0.05, 0.1) is 0 Å². The lowest BCUT2D eigenvalue weighted by atomic mass is 10.1. The van der Waals surface area contributed by atoms with E-state index < -0.39 is 6.04 Å². The van der Waals surface area contributed by atoms with Crippen LogP contribution in [0.4, 0.5) is 0 Å². The van der Waals surface area contributed by atoms with Crippen molar-refractivity contribution in [1.29, 1.82) is 0 Å². The minimum Gasteiger partial charge on any atom is -0.354 e. The molecule has 0 fully saturated rings. The molecule has 1 unspecified atom stereocenters. The first kappa shape index (κ1) is 24.6. The highest BCUT2D eigenvalue weighted by Crippen LogP contribution is 2.22. The van der Waals surface area contributed by atoms with Gasteiger partial charge in [0.1, 0.15) is 6.04 Å². The lowest BCUT2D eigenvalue weighted by Gasteiger charge is -2.29. The number of rotatable bonds is 10. The molecule has 7 heteroatoms. The molecule has 0 spiro atoms. The highest BCUT2D eigenvalue weighted by Gasteiger charge is 2.25. The molecule has 30 heavy (non-hydrogen) atoms. The van der Waals surface area contributed by atoms with Crippen molar-refractivity contribution in [3.05, 3.63) is 64.1 Å². The normalized spacial score (nSPS) is 11.9. The number of hydrogen-bond acceptors (Lipinski definition) is 3. The van der Waals surface area contributed by atoms with Gasteiger partial charge in [-0.05, 0) is 54.8 Å². The molecule has 0 aliphatic rings. The minimum absolute atomic E-state index is 0.0568. The van der Waals surface area contributed by atoms with E-state index >= 15 is 0 Å². The fourth-order valence-corrected chi connectivity index (χ4v) is 3.85. The van der Waals surface area contributed by atoms with Gasteiger partial charge in [-0.1, -0.05) is 49.2 Å². The molecule has 2 amide bonds. The predicted molar refractivity (Wildman–Crippen MR) is 126 cm³/mol. The second kappa shape index (κ2) is 12.2. The Bertz CT molecular complexity index is 826. The molecule has 0 radical (unpaired) electrons. The van der Waals surface area contributed by atoms with E-state index in [2.05, 4.69) is 5.32 Å². The van der Waals surface area contributed by atoms with E-state index in [1.54, 1.807) is 35.7 Å². The summed E-state index contributed by atoms with van der Waals surface area (Å²) >= 11 is 13.5. The zero-order chi connectivity index (χ0) is 22.1. The van der Waals surface area contributed by atoms with Crippen molar-refractivity contribution in [1.82, 2.24) is 10.2 Å². The third-order valence-electron chi connectivity index (χ3n) is 4.52. The lowest BCUT2D eigenvalue weighted by Crippen LogP contribution is -2.48. The summed E-state index contributed by atoms with van der Waals surface area (Å²) in [5.41, 5.74) is 0.932. The highest BCUT2D eigenvalue weighted by atomic mass is 35.5. The average Bonchev–Trinajstić information content (AvgIpc) is 2.72. The Hall–Kier alpha value is -1.69. The van der Waals surface area contributed by atoms with E-state index in [4.69, 9.17) is 23.2 Å². The Kier molecular flexibility index (Phi) is 10.0. The molecule has 162 valence electrons. The van der Waals surface area contributed by atoms with Gasteiger partial charge in [0, 0.05) is 40.2 Å². The van der Waals surface area contributed by atoms with Gasteiger partial charge in [0.15, 0.2) is 0 Å². The third kappa shape index (κ3) is 8.21. The Morgan fingerprint density at radius 2 is 1.53 bits per heavy atom. The number of hydrogen-bond donors (Lipinski definition) is 1.